The number of unbranched alkanes of at least 4 members (excludes halogenated alkanes) is 1. The van der Waals surface area contributed by atoms with Crippen molar-refractivity contribution in [2.45, 2.75) is 45.1 Å². The molecule has 0 amide bonds. The van der Waals surface area contributed by atoms with Gasteiger partial charge in [0.25, 0.3) is 0 Å². The predicted molar refractivity (Wildman–Crippen MR) is 102 cm³/mol. The number of nitrogens with zero attached hydrogens (tertiary/aromatic N) is 2. The van der Waals surface area contributed by atoms with Gasteiger partial charge in [0.15, 0.2) is 11.6 Å². The molecule has 1 aromatic heterocycles. The minimum absolute atomic E-state index is 0.237. The van der Waals surface area contributed by atoms with Crippen LogP contribution in [0.5, 0.6) is 0 Å². The van der Waals surface area contributed by atoms with E-state index in [0.29, 0.717) is 23.9 Å². The van der Waals surface area contributed by atoms with Crippen LogP contribution in [0.15, 0.2) is 30.6 Å². The summed E-state index contributed by atoms with van der Waals surface area (Å²) in [4.78, 5) is 8.51. The molecule has 0 saturated carbocycles. The van der Waals surface area contributed by atoms with E-state index >= 15 is 0 Å². The normalized spacial score (nSPS) is 16.8. The minimum atomic E-state index is 0.237. The molecule has 25 heavy (non-hydrogen) atoms. The van der Waals surface area contributed by atoms with Crippen molar-refractivity contribution in [1.29, 1.82) is 0 Å². The van der Waals surface area contributed by atoms with Crippen molar-refractivity contribution >= 4 is 23.0 Å². The molecule has 0 radical (unpaired) electrons. The highest BCUT2D eigenvalue weighted by Gasteiger charge is 2.16. The second kappa shape index (κ2) is 8.67. The summed E-state index contributed by atoms with van der Waals surface area (Å²) in [5, 5.41) is 6.55. The maximum absolute atomic E-state index is 6.22. The van der Waals surface area contributed by atoms with Crippen LogP contribution in [0.1, 0.15) is 38.2 Å². The number of hydrogen-bond donors (Lipinski definition) is 3. The Bertz CT molecular complexity index is 668. The van der Waals surface area contributed by atoms with Crippen LogP contribution >= 0.6 is 0 Å². The zero-order valence-corrected chi connectivity index (χ0v) is 14.8. The van der Waals surface area contributed by atoms with Gasteiger partial charge in [0.05, 0.1) is 6.10 Å². The van der Waals surface area contributed by atoms with Gasteiger partial charge in [0, 0.05) is 18.8 Å². The molecule has 134 valence electrons. The molecule has 1 fully saturated rings. The second-order valence-corrected chi connectivity index (χ2v) is 6.43. The lowest BCUT2D eigenvalue weighted by molar-refractivity contribution is 0.120. The van der Waals surface area contributed by atoms with E-state index in [1.54, 1.807) is 0 Å². The van der Waals surface area contributed by atoms with Crippen LogP contribution in [-0.4, -0.2) is 29.2 Å². The molecular formula is C19H27N5O. The van der Waals surface area contributed by atoms with E-state index in [4.69, 9.17) is 10.5 Å². The smallest absolute Gasteiger partial charge is 0.159 e. The van der Waals surface area contributed by atoms with Crippen LogP contribution in [0.4, 0.5) is 23.0 Å². The number of nitrogen functional groups attached to an aromatic ring is 1. The van der Waals surface area contributed by atoms with Gasteiger partial charge < -0.3 is 21.1 Å². The minimum Gasteiger partial charge on any atom is -0.393 e. The highest BCUT2D eigenvalue weighted by Crippen LogP contribution is 2.26. The highest BCUT2D eigenvalue weighted by molar-refractivity contribution is 5.77. The summed E-state index contributed by atoms with van der Waals surface area (Å²) in [7, 11) is 0. The van der Waals surface area contributed by atoms with Crippen molar-refractivity contribution in [3.05, 3.63) is 36.2 Å². The van der Waals surface area contributed by atoms with E-state index in [1.165, 1.54) is 24.7 Å². The second-order valence-electron chi connectivity index (χ2n) is 6.43. The largest absolute Gasteiger partial charge is 0.393 e. The number of benzene rings is 1. The van der Waals surface area contributed by atoms with Gasteiger partial charge in [-0.05, 0) is 43.4 Å². The summed E-state index contributed by atoms with van der Waals surface area (Å²) < 4.78 is 5.62. The molecule has 1 aliphatic heterocycles. The van der Waals surface area contributed by atoms with Gasteiger partial charge in [-0.15, -0.1) is 0 Å². The molecule has 0 bridgehead atoms. The van der Waals surface area contributed by atoms with E-state index in [9.17, 15) is 0 Å². The Morgan fingerprint density at radius 3 is 2.72 bits per heavy atom. The number of hydrogen-bond acceptors (Lipinski definition) is 6. The van der Waals surface area contributed by atoms with Crippen LogP contribution in [0.25, 0.3) is 0 Å². The number of nitrogens with two attached hydrogens (primary N) is 1. The first-order valence-corrected chi connectivity index (χ1v) is 9.08. The van der Waals surface area contributed by atoms with Gasteiger partial charge in [-0.1, -0.05) is 25.5 Å². The van der Waals surface area contributed by atoms with E-state index in [1.807, 2.05) is 0 Å². The molecule has 2 heterocycles. The molecule has 4 N–H and O–H groups in total. The third-order valence-electron chi connectivity index (χ3n) is 4.44. The van der Waals surface area contributed by atoms with E-state index in [0.717, 1.165) is 31.6 Å². The lowest BCUT2D eigenvalue weighted by Gasteiger charge is -2.15. The van der Waals surface area contributed by atoms with Crippen molar-refractivity contribution in [3.63, 3.8) is 0 Å². The topological polar surface area (TPSA) is 85.1 Å². The van der Waals surface area contributed by atoms with E-state index in [2.05, 4.69) is 51.8 Å². The summed E-state index contributed by atoms with van der Waals surface area (Å²) >= 11 is 0. The SMILES string of the molecule is CCCCc1ccc(Nc2ncnc(NCC3CCCO3)c2N)cc1. The van der Waals surface area contributed by atoms with Gasteiger partial charge >= 0.3 is 0 Å². The van der Waals surface area contributed by atoms with E-state index in [-0.39, 0.29) is 6.10 Å². The van der Waals surface area contributed by atoms with Gasteiger partial charge in [-0.3, -0.25) is 0 Å². The number of nitrogens with one attached hydrogen (secondary N) is 2. The van der Waals surface area contributed by atoms with Crippen LogP contribution < -0.4 is 16.4 Å². The molecule has 2 aromatic rings. The lowest BCUT2D eigenvalue weighted by atomic mass is 10.1. The molecule has 6 heteroatoms. The standard InChI is InChI=1S/C19H27N5O/c1-2-3-5-14-7-9-15(10-8-14)24-19-17(20)18(22-13-23-19)21-12-16-6-4-11-25-16/h7-10,13,16H,2-6,11-12,20H2,1H3,(H2,21,22,23,24). The number of aryl methyl sites for hydroxylation is 1. The predicted octanol–water partition coefficient (Wildman–Crippen LogP) is 3.74. The average Bonchev–Trinajstić information content (AvgIpc) is 3.15. The third kappa shape index (κ3) is 4.82. The Kier molecular flexibility index (Phi) is 6.06. The monoisotopic (exact) mass is 341 g/mol. The van der Waals surface area contributed by atoms with Crippen LogP contribution in [-0.2, 0) is 11.2 Å². The number of rotatable bonds is 8. The molecule has 1 atom stereocenters. The Morgan fingerprint density at radius 2 is 2.00 bits per heavy atom. The number of ether oxygens (including phenoxy) is 1. The number of anilines is 4. The van der Waals surface area contributed by atoms with Crippen LogP contribution in [0.3, 0.4) is 0 Å². The quantitative estimate of drug-likeness (QED) is 0.678. The first-order valence-electron chi connectivity index (χ1n) is 9.08. The maximum Gasteiger partial charge on any atom is 0.159 e. The summed E-state index contributed by atoms with van der Waals surface area (Å²) in [5.41, 5.74) is 9.06. The molecule has 1 unspecified atom stereocenters. The molecule has 3 rings (SSSR count). The summed E-state index contributed by atoms with van der Waals surface area (Å²) in [6.45, 7) is 3.76. The van der Waals surface area contributed by atoms with Crippen LogP contribution in [0, 0.1) is 0 Å². The van der Waals surface area contributed by atoms with Crippen LogP contribution in [0.2, 0.25) is 0 Å². The highest BCUT2D eigenvalue weighted by atomic mass is 16.5. The van der Waals surface area contributed by atoms with Gasteiger partial charge in [0.1, 0.15) is 12.0 Å². The van der Waals surface area contributed by atoms with Gasteiger partial charge in [-0.25, -0.2) is 9.97 Å². The zero-order chi connectivity index (χ0) is 17.5. The summed E-state index contributed by atoms with van der Waals surface area (Å²) in [6, 6.07) is 8.41. The molecule has 6 nitrogen and oxygen atoms in total. The fourth-order valence-corrected chi connectivity index (χ4v) is 2.92. The molecule has 0 spiro atoms. The Balaban J connectivity index is 1.62. The van der Waals surface area contributed by atoms with Crippen molar-refractivity contribution in [1.82, 2.24) is 9.97 Å². The van der Waals surface area contributed by atoms with E-state index < -0.39 is 0 Å². The summed E-state index contributed by atoms with van der Waals surface area (Å²) in [6.07, 6.45) is 7.49. The molecule has 1 aliphatic rings. The molecular weight excluding hydrogens is 314 g/mol. The maximum atomic E-state index is 6.22. The number of aromatic nitrogens is 2. The Morgan fingerprint density at radius 1 is 1.20 bits per heavy atom. The average molecular weight is 341 g/mol. The summed E-state index contributed by atoms with van der Waals surface area (Å²) in [5.74, 6) is 1.26. The Labute approximate surface area is 149 Å². The first kappa shape index (κ1) is 17.5. The van der Waals surface area contributed by atoms with Crippen molar-refractivity contribution in [2.24, 2.45) is 0 Å². The fraction of sp³-hybridized carbons (Fsp3) is 0.474. The molecule has 0 aliphatic carbocycles. The molecule has 1 saturated heterocycles. The van der Waals surface area contributed by atoms with Crippen molar-refractivity contribution in [2.75, 3.05) is 29.5 Å². The van der Waals surface area contributed by atoms with Gasteiger partial charge in [-0.2, -0.15) is 0 Å². The zero-order valence-electron chi connectivity index (χ0n) is 14.8. The van der Waals surface area contributed by atoms with Crippen molar-refractivity contribution < 1.29 is 4.74 Å². The Hall–Kier alpha value is -2.34. The lowest BCUT2D eigenvalue weighted by Crippen LogP contribution is -2.20. The third-order valence-corrected chi connectivity index (χ3v) is 4.44. The first-order chi connectivity index (χ1) is 12.3. The molecule has 1 aromatic carbocycles. The van der Waals surface area contributed by atoms with Gasteiger partial charge in [0.2, 0.25) is 0 Å². The van der Waals surface area contributed by atoms with Crippen molar-refractivity contribution in [3.8, 4) is 0 Å². The fourth-order valence-electron chi connectivity index (χ4n) is 2.92.